The van der Waals surface area contributed by atoms with Gasteiger partial charge in [-0.2, -0.15) is 0 Å². The van der Waals surface area contributed by atoms with Crippen molar-refractivity contribution in [1.82, 2.24) is 14.7 Å². The number of nitrogens with zero attached hydrogens (tertiary/aromatic N) is 3. The van der Waals surface area contributed by atoms with Crippen molar-refractivity contribution in [3.8, 4) is 0 Å². The molecule has 5 nitrogen and oxygen atoms in total. The van der Waals surface area contributed by atoms with Crippen molar-refractivity contribution in [3.05, 3.63) is 0 Å². The number of amides is 1. The average molecular weight is 282 g/mol. The normalized spacial score (nSPS) is 23.1. The third-order valence-corrected chi connectivity index (χ3v) is 4.88. The lowest BCUT2D eigenvalue weighted by molar-refractivity contribution is -0.140. The highest BCUT2D eigenvalue weighted by Crippen LogP contribution is 2.46. The lowest BCUT2D eigenvalue weighted by atomic mass is 9.99. The quantitative estimate of drug-likeness (QED) is 0.757. The smallest absolute Gasteiger partial charge is 0.230 e. The number of carbonyl (C=O) groups excluding carboxylic acids is 1. The number of likely N-dealkylation sites (N-methyl/N-ethyl adjacent to an activating group) is 1. The van der Waals surface area contributed by atoms with Gasteiger partial charge in [-0.1, -0.05) is 0 Å². The van der Waals surface area contributed by atoms with E-state index in [1.54, 1.807) is 0 Å². The molecule has 1 saturated heterocycles. The molecule has 0 aromatic rings. The molecule has 0 aromatic carbocycles. The Balaban J connectivity index is 2.02. The Bertz CT molecular complexity index is 333. The first-order chi connectivity index (χ1) is 9.48. The Kier molecular flexibility index (Phi) is 5.04. The average Bonchev–Trinajstić information content (AvgIpc) is 3.21. The molecular formula is C15H30N4O. The number of nitrogens with two attached hydrogens (primary N) is 1. The second-order valence-electron chi connectivity index (χ2n) is 6.82. The fourth-order valence-electron chi connectivity index (χ4n) is 3.03. The van der Waals surface area contributed by atoms with Gasteiger partial charge in [-0.15, -0.1) is 0 Å². The second kappa shape index (κ2) is 6.41. The minimum atomic E-state index is -0.213. The molecule has 116 valence electrons. The van der Waals surface area contributed by atoms with Gasteiger partial charge in [0.2, 0.25) is 5.91 Å². The molecule has 1 aliphatic carbocycles. The van der Waals surface area contributed by atoms with Crippen LogP contribution in [-0.2, 0) is 4.79 Å². The first-order valence-electron chi connectivity index (χ1n) is 7.83. The van der Waals surface area contributed by atoms with Crippen molar-refractivity contribution >= 4 is 5.91 Å². The van der Waals surface area contributed by atoms with Crippen molar-refractivity contribution in [2.45, 2.75) is 31.7 Å². The van der Waals surface area contributed by atoms with Gasteiger partial charge in [0.1, 0.15) is 0 Å². The minimum absolute atomic E-state index is 0.213. The van der Waals surface area contributed by atoms with E-state index in [1.807, 2.05) is 0 Å². The minimum Gasteiger partial charge on any atom is -0.338 e. The number of hydrogen-bond donors (Lipinski definition) is 1. The SMILES string of the molecule is CN(C)CCN(C(=O)C1(CN)CC1)C1CCN(C)CC1. The van der Waals surface area contributed by atoms with Crippen molar-refractivity contribution in [3.63, 3.8) is 0 Å². The van der Waals surface area contributed by atoms with Gasteiger partial charge in [0, 0.05) is 25.7 Å². The van der Waals surface area contributed by atoms with Crippen molar-refractivity contribution in [2.24, 2.45) is 11.1 Å². The lowest BCUT2D eigenvalue weighted by Gasteiger charge is -2.39. The fraction of sp³-hybridized carbons (Fsp3) is 0.933. The molecule has 1 amide bonds. The Morgan fingerprint density at radius 1 is 1.25 bits per heavy atom. The van der Waals surface area contributed by atoms with Gasteiger partial charge >= 0.3 is 0 Å². The summed E-state index contributed by atoms with van der Waals surface area (Å²) in [5.74, 6) is 0.316. The molecule has 5 heteroatoms. The summed E-state index contributed by atoms with van der Waals surface area (Å²) in [6.45, 7) is 4.45. The van der Waals surface area contributed by atoms with Crippen molar-refractivity contribution in [1.29, 1.82) is 0 Å². The van der Waals surface area contributed by atoms with Crippen LogP contribution in [0.3, 0.4) is 0 Å². The molecule has 0 radical (unpaired) electrons. The molecule has 0 aromatic heterocycles. The molecule has 1 heterocycles. The highest BCUT2D eigenvalue weighted by atomic mass is 16.2. The van der Waals surface area contributed by atoms with E-state index in [1.165, 1.54) is 0 Å². The molecule has 0 unspecified atom stereocenters. The third-order valence-electron chi connectivity index (χ3n) is 4.88. The van der Waals surface area contributed by atoms with E-state index in [2.05, 4.69) is 35.8 Å². The van der Waals surface area contributed by atoms with E-state index < -0.39 is 0 Å². The molecule has 2 fully saturated rings. The van der Waals surface area contributed by atoms with Crippen LogP contribution in [0.15, 0.2) is 0 Å². The van der Waals surface area contributed by atoms with Crippen molar-refractivity contribution < 1.29 is 4.79 Å². The molecule has 2 aliphatic rings. The van der Waals surface area contributed by atoms with Crippen LogP contribution < -0.4 is 5.73 Å². The summed E-state index contributed by atoms with van der Waals surface area (Å²) in [6.07, 6.45) is 4.15. The number of piperidine rings is 1. The summed E-state index contributed by atoms with van der Waals surface area (Å²) >= 11 is 0. The number of rotatable bonds is 6. The van der Waals surface area contributed by atoms with Gasteiger partial charge in [0.25, 0.3) is 0 Å². The number of carbonyl (C=O) groups is 1. The molecule has 0 bridgehead atoms. The largest absolute Gasteiger partial charge is 0.338 e. The third kappa shape index (κ3) is 3.51. The maximum absolute atomic E-state index is 12.9. The summed E-state index contributed by atoms with van der Waals surface area (Å²) in [6, 6.07) is 0.405. The van der Waals surface area contributed by atoms with Crippen LogP contribution in [-0.4, -0.2) is 80.5 Å². The van der Waals surface area contributed by atoms with Crippen LogP contribution in [0, 0.1) is 5.41 Å². The first-order valence-corrected chi connectivity index (χ1v) is 7.83. The molecule has 2 rings (SSSR count). The van der Waals surface area contributed by atoms with E-state index in [0.29, 0.717) is 18.5 Å². The van der Waals surface area contributed by atoms with Crippen LogP contribution in [0.2, 0.25) is 0 Å². The van der Waals surface area contributed by atoms with Crippen LogP contribution >= 0.6 is 0 Å². The van der Waals surface area contributed by atoms with E-state index in [9.17, 15) is 4.79 Å². The van der Waals surface area contributed by atoms with Crippen LogP contribution in [0.4, 0.5) is 0 Å². The van der Waals surface area contributed by atoms with Gasteiger partial charge in [-0.05, 0) is 59.9 Å². The van der Waals surface area contributed by atoms with E-state index >= 15 is 0 Å². The van der Waals surface area contributed by atoms with Crippen LogP contribution in [0.25, 0.3) is 0 Å². The summed E-state index contributed by atoms with van der Waals surface area (Å²) < 4.78 is 0. The Morgan fingerprint density at radius 3 is 2.30 bits per heavy atom. The summed E-state index contributed by atoms with van der Waals surface area (Å²) in [7, 11) is 6.28. The zero-order valence-corrected chi connectivity index (χ0v) is 13.3. The van der Waals surface area contributed by atoms with Gasteiger partial charge in [-0.25, -0.2) is 0 Å². The standard InChI is InChI=1S/C15H30N4O/c1-17(2)10-11-19(13-4-8-18(3)9-5-13)14(20)15(12-16)6-7-15/h13H,4-12,16H2,1-3H3. The monoisotopic (exact) mass is 282 g/mol. The topological polar surface area (TPSA) is 52.8 Å². The Morgan fingerprint density at radius 2 is 1.85 bits per heavy atom. The zero-order valence-electron chi connectivity index (χ0n) is 13.3. The fourth-order valence-corrected chi connectivity index (χ4v) is 3.03. The molecule has 2 N–H and O–H groups in total. The number of likely N-dealkylation sites (tertiary alicyclic amines) is 1. The Labute approximate surface area is 123 Å². The zero-order chi connectivity index (χ0) is 14.8. The van der Waals surface area contributed by atoms with E-state index in [4.69, 9.17) is 5.73 Å². The van der Waals surface area contributed by atoms with Gasteiger partial charge < -0.3 is 20.4 Å². The molecule has 0 spiro atoms. The van der Waals surface area contributed by atoms with Gasteiger partial charge in [-0.3, -0.25) is 4.79 Å². The molecule has 1 saturated carbocycles. The molecule has 0 atom stereocenters. The summed E-state index contributed by atoms with van der Waals surface area (Å²) in [4.78, 5) is 19.5. The first kappa shape index (κ1) is 15.7. The predicted molar refractivity (Wildman–Crippen MR) is 81.5 cm³/mol. The highest BCUT2D eigenvalue weighted by molar-refractivity contribution is 5.86. The van der Waals surface area contributed by atoms with Gasteiger partial charge in [0.15, 0.2) is 0 Å². The predicted octanol–water partition coefficient (Wildman–Crippen LogP) is 0.210. The van der Waals surface area contributed by atoms with Crippen molar-refractivity contribution in [2.75, 3.05) is 53.9 Å². The summed E-state index contributed by atoms with van der Waals surface area (Å²) in [5.41, 5.74) is 5.64. The van der Waals surface area contributed by atoms with E-state index in [-0.39, 0.29) is 5.41 Å². The highest BCUT2D eigenvalue weighted by Gasteiger charge is 2.51. The molecular weight excluding hydrogens is 252 g/mol. The number of hydrogen-bond acceptors (Lipinski definition) is 4. The Hall–Kier alpha value is -0.650. The maximum Gasteiger partial charge on any atom is 0.230 e. The lowest BCUT2D eigenvalue weighted by Crippen LogP contribution is -2.52. The second-order valence-corrected chi connectivity index (χ2v) is 6.82. The van der Waals surface area contributed by atoms with Crippen LogP contribution in [0.1, 0.15) is 25.7 Å². The van der Waals surface area contributed by atoms with Crippen LogP contribution in [0.5, 0.6) is 0 Å². The maximum atomic E-state index is 12.9. The van der Waals surface area contributed by atoms with Gasteiger partial charge in [0.05, 0.1) is 5.41 Å². The van der Waals surface area contributed by atoms with E-state index in [0.717, 1.165) is 51.9 Å². The molecule has 20 heavy (non-hydrogen) atoms. The summed E-state index contributed by atoms with van der Waals surface area (Å²) in [5, 5.41) is 0. The molecule has 1 aliphatic heterocycles.